The second-order valence-corrected chi connectivity index (χ2v) is 7.61. The zero-order valence-electron chi connectivity index (χ0n) is 11.3. The average Bonchev–Trinajstić information content (AvgIpc) is 3.07. The van der Waals surface area contributed by atoms with Gasteiger partial charge in [0, 0.05) is 6.42 Å². The van der Waals surface area contributed by atoms with E-state index >= 15 is 0 Å². The van der Waals surface area contributed by atoms with Gasteiger partial charge in [-0.3, -0.25) is 0 Å². The number of benzene rings is 1. The first kappa shape index (κ1) is 15.9. The topological polar surface area (TPSA) is 34.1 Å². The molecule has 0 amide bonds. The third-order valence-electron chi connectivity index (χ3n) is 2.86. The summed E-state index contributed by atoms with van der Waals surface area (Å²) < 4.78 is 4.19. The molecule has 6 heteroatoms. The van der Waals surface area contributed by atoms with Crippen LogP contribution in [0.25, 0.3) is 0 Å². The van der Waals surface area contributed by atoms with Gasteiger partial charge in [-0.1, -0.05) is 58.2 Å². The lowest BCUT2D eigenvalue weighted by Crippen LogP contribution is -2.18. The van der Waals surface area contributed by atoms with Crippen molar-refractivity contribution >= 4 is 41.0 Å². The molecule has 0 saturated carbocycles. The van der Waals surface area contributed by atoms with E-state index in [9.17, 15) is 0 Å². The number of oxime groups is 1. The van der Waals surface area contributed by atoms with Crippen molar-refractivity contribution in [2.75, 3.05) is 6.61 Å². The molecule has 1 unspecified atom stereocenters. The second-order valence-electron chi connectivity index (χ2n) is 5.09. The second kappa shape index (κ2) is 6.10. The van der Waals surface area contributed by atoms with Gasteiger partial charge in [0.2, 0.25) is 0 Å². The summed E-state index contributed by atoms with van der Waals surface area (Å²) >= 11 is 17.6. The van der Waals surface area contributed by atoms with Gasteiger partial charge in [0.15, 0.2) is 3.79 Å². The maximum absolute atomic E-state index is 5.87. The van der Waals surface area contributed by atoms with Crippen LogP contribution in [0.15, 0.2) is 29.4 Å². The maximum atomic E-state index is 5.87. The summed E-state index contributed by atoms with van der Waals surface area (Å²) in [6.07, 6.45) is 2.04. The van der Waals surface area contributed by atoms with Crippen LogP contribution in [0, 0.1) is 0 Å². The molecule has 3 nitrogen and oxygen atoms in total. The summed E-state index contributed by atoms with van der Waals surface area (Å²) in [5.74, 6) is 0. The number of nitrogens with zero attached hydrogens (tertiary/aromatic N) is 1. The van der Waals surface area contributed by atoms with Gasteiger partial charge >= 0.3 is 0 Å². The zero-order chi connectivity index (χ0) is 14.8. The summed E-state index contributed by atoms with van der Waals surface area (Å²) in [5.41, 5.74) is 1.41. The van der Waals surface area contributed by atoms with E-state index in [1.54, 1.807) is 6.21 Å². The van der Waals surface area contributed by atoms with Gasteiger partial charge < -0.3 is 9.57 Å². The number of ether oxygens (including phenoxy) is 1. The van der Waals surface area contributed by atoms with Crippen LogP contribution in [0.1, 0.15) is 31.4 Å². The molecule has 1 atom stereocenters. The summed E-state index contributed by atoms with van der Waals surface area (Å²) in [5, 5.41) is 3.92. The van der Waals surface area contributed by atoms with Crippen LogP contribution in [0.4, 0.5) is 0 Å². The Labute approximate surface area is 133 Å². The number of hydrogen-bond acceptors (Lipinski definition) is 3. The monoisotopic (exact) mass is 335 g/mol. The highest BCUT2D eigenvalue weighted by atomic mass is 35.6. The van der Waals surface area contributed by atoms with Crippen molar-refractivity contribution in [3.8, 4) is 0 Å². The minimum Gasteiger partial charge on any atom is -0.393 e. The molecule has 0 N–H and O–H groups in total. The van der Waals surface area contributed by atoms with Gasteiger partial charge in [-0.05, 0) is 31.0 Å². The van der Waals surface area contributed by atoms with Crippen molar-refractivity contribution in [1.82, 2.24) is 0 Å². The van der Waals surface area contributed by atoms with Crippen LogP contribution in [-0.4, -0.2) is 22.7 Å². The number of epoxide rings is 1. The predicted molar refractivity (Wildman–Crippen MR) is 82.8 cm³/mol. The van der Waals surface area contributed by atoms with Crippen molar-refractivity contribution in [2.24, 2.45) is 5.16 Å². The van der Waals surface area contributed by atoms with Gasteiger partial charge in [-0.25, -0.2) is 0 Å². The van der Waals surface area contributed by atoms with E-state index in [2.05, 4.69) is 5.16 Å². The molecule has 0 radical (unpaired) electrons. The standard InChI is InChI=1S/C14H16Cl3NO2/c1-10(2)20-18-7-11-4-3-5-12(6-11)13(9-19-13)8-14(15,16)17/h3-7,10H,8-9H2,1-2H3. The van der Waals surface area contributed by atoms with Crippen LogP contribution in [0.2, 0.25) is 0 Å². The molecule has 1 fully saturated rings. The van der Waals surface area contributed by atoms with Crippen LogP contribution >= 0.6 is 34.8 Å². The molecule has 20 heavy (non-hydrogen) atoms. The Morgan fingerprint density at radius 2 is 2.15 bits per heavy atom. The zero-order valence-corrected chi connectivity index (χ0v) is 13.5. The predicted octanol–water partition coefficient (Wildman–Crippen LogP) is 4.43. The summed E-state index contributed by atoms with van der Waals surface area (Å²) in [4.78, 5) is 5.14. The fourth-order valence-corrected chi connectivity index (χ4v) is 2.54. The van der Waals surface area contributed by atoms with Crippen LogP contribution in [-0.2, 0) is 15.2 Å². The highest BCUT2D eigenvalue weighted by molar-refractivity contribution is 6.67. The van der Waals surface area contributed by atoms with E-state index in [4.69, 9.17) is 44.4 Å². The molecule has 0 spiro atoms. The third-order valence-corrected chi connectivity index (χ3v) is 3.27. The first-order valence-electron chi connectivity index (χ1n) is 6.31. The number of rotatable bonds is 5. The van der Waals surface area contributed by atoms with Crippen molar-refractivity contribution in [3.63, 3.8) is 0 Å². The molecule has 1 aromatic carbocycles. The van der Waals surface area contributed by atoms with Gasteiger partial charge in [0.05, 0.1) is 12.8 Å². The Balaban J connectivity index is 2.12. The fraction of sp³-hybridized carbons (Fsp3) is 0.500. The maximum Gasteiger partial charge on any atom is 0.193 e. The van der Waals surface area contributed by atoms with E-state index in [1.165, 1.54) is 0 Å². The third kappa shape index (κ3) is 4.52. The number of hydrogen-bond donors (Lipinski definition) is 0. The molecule has 0 aromatic heterocycles. The van der Waals surface area contributed by atoms with E-state index in [-0.39, 0.29) is 6.10 Å². The highest BCUT2D eigenvalue weighted by Crippen LogP contribution is 2.49. The molecule has 1 aromatic rings. The minimum atomic E-state index is -1.33. The molecule has 0 aliphatic carbocycles. The lowest BCUT2D eigenvalue weighted by Gasteiger charge is -2.18. The van der Waals surface area contributed by atoms with E-state index in [0.717, 1.165) is 11.1 Å². The molecule has 1 saturated heterocycles. The molecule has 1 aliphatic rings. The number of halogens is 3. The normalized spacial score (nSPS) is 22.5. The van der Waals surface area contributed by atoms with Crippen molar-refractivity contribution in [1.29, 1.82) is 0 Å². The number of alkyl halides is 3. The van der Waals surface area contributed by atoms with Crippen LogP contribution in [0.3, 0.4) is 0 Å². The van der Waals surface area contributed by atoms with Gasteiger partial charge in [-0.2, -0.15) is 0 Å². The van der Waals surface area contributed by atoms with Gasteiger partial charge in [-0.15, -0.1) is 0 Å². The smallest absolute Gasteiger partial charge is 0.193 e. The highest BCUT2D eigenvalue weighted by Gasteiger charge is 2.51. The fourth-order valence-electron chi connectivity index (χ4n) is 1.90. The summed E-state index contributed by atoms with van der Waals surface area (Å²) in [6, 6.07) is 7.79. The Kier molecular flexibility index (Phi) is 4.85. The van der Waals surface area contributed by atoms with E-state index < -0.39 is 9.39 Å². The first-order valence-corrected chi connectivity index (χ1v) is 7.45. The average molecular weight is 337 g/mol. The largest absolute Gasteiger partial charge is 0.393 e. The molecular formula is C14H16Cl3NO2. The van der Waals surface area contributed by atoms with E-state index in [0.29, 0.717) is 13.0 Å². The lowest BCUT2D eigenvalue weighted by atomic mass is 9.95. The van der Waals surface area contributed by atoms with Crippen LogP contribution < -0.4 is 0 Å². The van der Waals surface area contributed by atoms with Gasteiger partial charge in [0.25, 0.3) is 0 Å². The Morgan fingerprint density at radius 3 is 2.70 bits per heavy atom. The van der Waals surface area contributed by atoms with Crippen molar-refractivity contribution in [2.45, 2.75) is 35.8 Å². The Bertz CT molecular complexity index is 493. The molecule has 1 heterocycles. The SMILES string of the molecule is CC(C)ON=Cc1cccc(C2(CC(Cl)(Cl)Cl)CO2)c1. The molecule has 0 bridgehead atoms. The molecule has 1 aliphatic heterocycles. The Morgan fingerprint density at radius 1 is 1.45 bits per heavy atom. The van der Waals surface area contributed by atoms with Gasteiger partial charge in [0.1, 0.15) is 11.7 Å². The molecule has 110 valence electrons. The summed E-state index contributed by atoms with van der Waals surface area (Å²) in [6.45, 7) is 4.40. The minimum absolute atomic E-state index is 0.0527. The van der Waals surface area contributed by atoms with Crippen LogP contribution in [0.5, 0.6) is 0 Å². The van der Waals surface area contributed by atoms with Crippen molar-refractivity contribution in [3.05, 3.63) is 35.4 Å². The lowest BCUT2D eigenvalue weighted by molar-refractivity contribution is 0.0873. The summed E-state index contributed by atoms with van der Waals surface area (Å²) in [7, 11) is 0. The molecule has 2 rings (SSSR count). The first-order chi connectivity index (χ1) is 9.31. The Hall–Kier alpha value is -0.480. The molecular weight excluding hydrogens is 321 g/mol. The quantitative estimate of drug-likeness (QED) is 0.345. The van der Waals surface area contributed by atoms with Crippen molar-refractivity contribution < 1.29 is 9.57 Å². The van der Waals surface area contributed by atoms with E-state index in [1.807, 2.05) is 38.1 Å².